The van der Waals surface area contributed by atoms with Crippen LogP contribution in [0.15, 0.2) is 6.20 Å². The molecule has 0 radical (unpaired) electrons. The van der Waals surface area contributed by atoms with Crippen LogP contribution < -0.4 is 0 Å². The van der Waals surface area contributed by atoms with Crippen molar-refractivity contribution in [2.75, 3.05) is 0 Å². The average molecular weight is 242 g/mol. The van der Waals surface area contributed by atoms with Gasteiger partial charge >= 0.3 is 0 Å². The summed E-state index contributed by atoms with van der Waals surface area (Å²) in [5.74, 6) is -0.0349. The van der Waals surface area contributed by atoms with Crippen molar-refractivity contribution in [1.82, 2.24) is 4.98 Å². The highest BCUT2D eigenvalue weighted by Crippen LogP contribution is 2.31. The molecular formula is C8H7Cl2F2NO. The van der Waals surface area contributed by atoms with E-state index in [2.05, 4.69) is 4.98 Å². The van der Waals surface area contributed by atoms with Crippen LogP contribution >= 0.6 is 23.2 Å². The molecule has 1 aromatic heterocycles. The number of rotatable bonds is 3. The summed E-state index contributed by atoms with van der Waals surface area (Å²) in [6.45, 7) is -0.546. The van der Waals surface area contributed by atoms with Gasteiger partial charge in [0.05, 0.1) is 23.2 Å². The second kappa shape index (κ2) is 4.87. The van der Waals surface area contributed by atoms with E-state index in [1.807, 2.05) is 0 Å². The van der Waals surface area contributed by atoms with Crippen LogP contribution in [0.1, 0.15) is 23.2 Å². The Kier molecular flexibility index (Phi) is 4.04. The van der Waals surface area contributed by atoms with Gasteiger partial charge in [0.15, 0.2) is 0 Å². The molecule has 1 aromatic rings. The maximum Gasteiger partial charge on any atom is 0.265 e. The molecule has 0 saturated carbocycles. The highest BCUT2D eigenvalue weighted by atomic mass is 35.5. The Hall–Kier alpha value is -0.450. The van der Waals surface area contributed by atoms with Gasteiger partial charge in [-0.2, -0.15) is 0 Å². The Morgan fingerprint density at radius 1 is 1.50 bits per heavy atom. The topological polar surface area (TPSA) is 33.1 Å². The Morgan fingerprint density at radius 2 is 2.14 bits per heavy atom. The second-order valence-electron chi connectivity index (χ2n) is 2.54. The largest absolute Gasteiger partial charge is 0.392 e. The van der Waals surface area contributed by atoms with Crippen LogP contribution in [-0.2, 0) is 12.5 Å². The Morgan fingerprint density at radius 3 is 2.57 bits per heavy atom. The zero-order valence-electron chi connectivity index (χ0n) is 6.98. The van der Waals surface area contributed by atoms with Crippen LogP contribution in [0, 0.1) is 0 Å². The molecule has 0 aliphatic rings. The lowest BCUT2D eigenvalue weighted by Crippen LogP contribution is -2.03. The van der Waals surface area contributed by atoms with E-state index in [1.54, 1.807) is 0 Å². The highest BCUT2D eigenvalue weighted by molar-refractivity contribution is 6.31. The van der Waals surface area contributed by atoms with Crippen molar-refractivity contribution in [2.45, 2.75) is 18.9 Å². The van der Waals surface area contributed by atoms with E-state index in [4.69, 9.17) is 28.3 Å². The highest BCUT2D eigenvalue weighted by Gasteiger charge is 2.20. The summed E-state index contributed by atoms with van der Waals surface area (Å²) in [6.07, 6.45) is -1.63. The van der Waals surface area contributed by atoms with Crippen LogP contribution in [0.3, 0.4) is 0 Å². The molecule has 78 valence electrons. The molecule has 0 aliphatic carbocycles. The minimum absolute atomic E-state index is 0.0162. The van der Waals surface area contributed by atoms with E-state index in [0.717, 1.165) is 6.20 Å². The lowest BCUT2D eigenvalue weighted by Gasteiger charge is -2.11. The van der Waals surface area contributed by atoms with Crippen LogP contribution in [0.5, 0.6) is 0 Å². The SMILES string of the molecule is OCc1c(CCl)ncc(Cl)c1C(F)F. The molecule has 0 unspecified atom stereocenters. The first-order chi connectivity index (χ1) is 6.61. The summed E-state index contributed by atoms with van der Waals surface area (Å²) in [5.41, 5.74) is -0.142. The molecule has 1 N–H and O–H groups in total. The lowest BCUT2D eigenvalue weighted by molar-refractivity contribution is 0.147. The van der Waals surface area contributed by atoms with Gasteiger partial charge in [0, 0.05) is 17.3 Å². The Balaban J connectivity index is 3.35. The average Bonchev–Trinajstić information content (AvgIpc) is 2.16. The van der Waals surface area contributed by atoms with Crippen molar-refractivity contribution in [3.05, 3.63) is 28.0 Å². The van der Waals surface area contributed by atoms with Gasteiger partial charge in [0.1, 0.15) is 0 Å². The van der Waals surface area contributed by atoms with Crippen LogP contribution in [0.2, 0.25) is 5.02 Å². The molecule has 0 amide bonds. The van der Waals surface area contributed by atoms with Crippen molar-refractivity contribution in [3.63, 3.8) is 0 Å². The summed E-state index contributed by atoms with van der Waals surface area (Å²) < 4.78 is 25.1. The number of aromatic nitrogens is 1. The molecular weight excluding hydrogens is 235 g/mol. The van der Waals surface area contributed by atoms with E-state index >= 15 is 0 Å². The van der Waals surface area contributed by atoms with Crippen molar-refractivity contribution >= 4 is 23.2 Å². The van der Waals surface area contributed by atoms with Crippen LogP contribution in [-0.4, -0.2) is 10.1 Å². The predicted octanol–water partition coefficient (Wildman–Crippen LogP) is 2.90. The first kappa shape index (κ1) is 11.6. The minimum atomic E-state index is -2.74. The number of hydrogen-bond acceptors (Lipinski definition) is 2. The summed E-state index contributed by atoms with van der Waals surface area (Å²) >= 11 is 11.0. The maximum atomic E-state index is 12.5. The van der Waals surface area contributed by atoms with Crippen molar-refractivity contribution < 1.29 is 13.9 Å². The molecule has 1 rings (SSSR count). The fourth-order valence-corrected chi connectivity index (χ4v) is 1.58. The zero-order valence-corrected chi connectivity index (χ0v) is 8.49. The normalized spacial score (nSPS) is 11.0. The molecule has 2 nitrogen and oxygen atoms in total. The lowest BCUT2D eigenvalue weighted by atomic mass is 10.1. The van der Waals surface area contributed by atoms with Crippen LogP contribution in [0.4, 0.5) is 8.78 Å². The fraction of sp³-hybridized carbons (Fsp3) is 0.375. The summed E-state index contributed by atoms with van der Waals surface area (Å²) in [4.78, 5) is 3.75. The summed E-state index contributed by atoms with van der Waals surface area (Å²) in [6, 6.07) is 0. The molecule has 0 fully saturated rings. The first-order valence-electron chi connectivity index (χ1n) is 3.73. The number of hydrogen-bond donors (Lipinski definition) is 1. The van der Waals surface area contributed by atoms with Gasteiger partial charge in [-0.3, -0.25) is 4.98 Å². The van der Waals surface area contributed by atoms with E-state index in [1.165, 1.54) is 0 Å². The quantitative estimate of drug-likeness (QED) is 0.826. The molecule has 0 bridgehead atoms. The first-order valence-corrected chi connectivity index (χ1v) is 4.64. The molecule has 0 spiro atoms. The monoisotopic (exact) mass is 241 g/mol. The molecule has 0 saturated heterocycles. The molecule has 6 heteroatoms. The molecule has 0 aliphatic heterocycles. The minimum Gasteiger partial charge on any atom is -0.392 e. The van der Waals surface area contributed by atoms with Gasteiger partial charge in [0.25, 0.3) is 6.43 Å². The number of alkyl halides is 3. The van der Waals surface area contributed by atoms with E-state index in [0.29, 0.717) is 0 Å². The predicted molar refractivity (Wildman–Crippen MR) is 49.7 cm³/mol. The standard InChI is InChI=1S/C8H7Cl2F2NO/c9-1-6-4(3-14)7(8(11)12)5(10)2-13-6/h2,8,14H,1,3H2. The van der Waals surface area contributed by atoms with Crippen molar-refractivity contribution in [3.8, 4) is 0 Å². The number of aliphatic hydroxyl groups excluding tert-OH is 1. The molecule has 14 heavy (non-hydrogen) atoms. The number of nitrogens with zero attached hydrogens (tertiary/aromatic N) is 1. The number of aliphatic hydroxyl groups is 1. The Labute approximate surface area is 89.5 Å². The van der Waals surface area contributed by atoms with Gasteiger partial charge < -0.3 is 5.11 Å². The molecule has 1 heterocycles. The number of pyridine rings is 1. The third-order valence-corrected chi connectivity index (χ3v) is 2.32. The maximum absolute atomic E-state index is 12.5. The molecule has 0 atom stereocenters. The fourth-order valence-electron chi connectivity index (χ4n) is 1.11. The zero-order chi connectivity index (χ0) is 10.7. The van der Waals surface area contributed by atoms with Crippen molar-refractivity contribution in [2.24, 2.45) is 0 Å². The van der Waals surface area contributed by atoms with Gasteiger partial charge in [-0.15, -0.1) is 11.6 Å². The van der Waals surface area contributed by atoms with E-state index in [-0.39, 0.29) is 27.7 Å². The van der Waals surface area contributed by atoms with Crippen LogP contribution in [0.25, 0.3) is 0 Å². The van der Waals surface area contributed by atoms with Gasteiger partial charge in [-0.05, 0) is 0 Å². The van der Waals surface area contributed by atoms with Gasteiger partial charge in [-0.25, -0.2) is 8.78 Å². The second-order valence-corrected chi connectivity index (χ2v) is 3.21. The van der Waals surface area contributed by atoms with E-state index in [9.17, 15) is 8.78 Å². The van der Waals surface area contributed by atoms with E-state index < -0.39 is 13.0 Å². The third kappa shape index (κ3) is 2.13. The summed E-state index contributed by atoms with van der Waals surface area (Å²) in [5, 5.41) is 8.76. The van der Waals surface area contributed by atoms with Gasteiger partial charge in [-0.1, -0.05) is 11.6 Å². The third-order valence-electron chi connectivity index (χ3n) is 1.77. The van der Waals surface area contributed by atoms with Gasteiger partial charge in [0.2, 0.25) is 0 Å². The Bertz CT molecular complexity index is 333. The summed E-state index contributed by atoms with van der Waals surface area (Å²) in [7, 11) is 0. The number of halogens is 4. The smallest absolute Gasteiger partial charge is 0.265 e. The van der Waals surface area contributed by atoms with Crippen molar-refractivity contribution in [1.29, 1.82) is 0 Å². The molecule has 0 aromatic carbocycles.